The van der Waals surface area contributed by atoms with E-state index in [2.05, 4.69) is 0 Å². The zero-order valence-electron chi connectivity index (χ0n) is 11.0. The molecule has 2 nitrogen and oxygen atoms in total. The van der Waals surface area contributed by atoms with Crippen molar-refractivity contribution in [1.82, 2.24) is 0 Å². The van der Waals surface area contributed by atoms with Crippen molar-refractivity contribution in [1.29, 1.82) is 0 Å². The Hall–Kier alpha value is -1.45. The van der Waals surface area contributed by atoms with Crippen molar-refractivity contribution in [2.24, 2.45) is 0 Å². The Morgan fingerprint density at radius 1 is 0.842 bits per heavy atom. The summed E-state index contributed by atoms with van der Waals surface area (Å²) < 4.78 is 12.1. The van der Waals surface area contributed by atoms with Gasteiger partial charge in [-0.25, -0.2) is 0 Å². The van der Waals surface area contributed by atoms with Crippen LogP contribution in [0.25, 0.3) is 0 Å². The molecule has 0 fully saturated rings. The molecular formula is C16H18O2S. The maximum Gasteiger partial charge on any atom is 0.0681 e. The van der Waals surface area contributed by atoms with E-state index < -0.39 is 10.8 Å². The topological polar surface area (TPSA) is 37.3 Å². The van der Waals surface area contributed by atoms with Crippen molar-refractivity contribution in [3.8, 4) is 0 Å². The van der Waals surface area contributed by atoms with E-state index in [0.717, 1.165) is 16.7 Å². The number of hydrogen-bond donors (Lipinski definition) is 1. The van der Waals surface area contributed by atoms with Crippen LogP contribution in [-0.4, -0.2) is 9.32 Å². The van der Waals surface area contributed by atoms with Crippen LogP contribution < -0.4 is 0 Å². The molecule has 0 aliphatic heterocycles. The fraction of sp³-hybridized carbons (Fsp3) is 0.250. The molecule has 0 radical (unpaired) electrons. The van der Waals surface area contributed by atoms with Gasteiger partial charge in [0.1, 0.15) is 0 Å². The Labute approximate surface area is 116 Å². The normalized spacial score (nSPS) is 12.3. The molecule has 0 aliphatic rings. The maximum atomic E-state index is 12.1. The van der Waals surface area contributed by atoms with Gasteiger partial charge >= 0.3 is 0 Å². The van der Waals surface area contributed by atoms with Gasteiger partial charge in [-0.3, -0.25) is 4.21 Å². The molecule has 0 aromatic heterocycles. The van der Waals surface area contributed by atoms with Crippen molar-refractivity contribution in [2.45, 2.75) is 25.0 Å². The van der Waals surface area contributed by atoms with Gasteiger partial charge in [0.2, 0.25) is 0 Å². The summed E-state index contributed by atoms with van der Waals surface area (Å²) in [5.74, 6) is 1.14. The van der Waals surface area contributed by atoms with E-state index in [0.29, 0.717) is 11.5 Å². The highest BCUT2D eigenvalue weighted by atomic mass is 32.2. The molecule has 2 aromatic carbocycles. The van der Waals surface area contributed by atoms with Gasteiger partial charge in [-0.05, 0) is 23.6 Å². The van der Waals surface area contributed by atoms with E-state index in [9.17, 15) is 4.21 Å². The Bertz CT molecular complexity index is 544. The van der Waals surface area contributed by atoms with E-state index in [4.69, 9.17) is 5.11 Å². The van der Waals surface area contributed by atoms with Crippen LogP contribution in [-0.2, 0) is 28.9 Å². The number of aliphatic hydroxyl groups is 1. The molecule has 0 aliphatic carbocycles. The van der Waals surface area contributed by atoms with Crippen molar-refractivity contribution in [3.05, 3.63) is 70.8 Å². The Balaban J connectivity index is 1.95. The van der Waals surface area contributed by atoms with E-state index in [1.807, 2.05) is 55.5 Å². The van der Waals surface area contributed by atoms with Gasteiger partial charge in [0.15, 0.2) is 0 Å². The zero-order valence-corrected chi connectivity index (χ0v) is 11.8. The van der Waals surface area contributed by atoms with E-state index >= 15 is 0 Å². The van der Waals surface area contributed by atoms with Gasteiger partial charge in [-0.2, -0.15) is 0 Å². The third kappa shape index (κ3) is 4.30. The number of benzene rings is 2. The molecule has 0 bridgehead atoms. The molecule has 100 valence electrons. The summed E-state index contributed by atoms with van der Waals surface area (Å²) in [6.45, 7) is 2.09. The maximum absolute atomic E-state index is 12.1. The molecule has 2 aromatic rings. The van der Waals surface area contributed by atoms with E-state index in [1.54, 1.807) is 0 Å². The quantitative estimate of drug-likeness (QED) is 0.910. The molecule has 3 heteroatoms. The summed E-state index contributed by atoms with van der Waals surface area (Å²) in [6, 6.07) is 15.8. The van der Waals surface area contributed by atoms with Crippen LogP contribution in [0.5, 0.6) is 0 Å². The lowest BCUT2D eigenvalue weighted by atomic mass is 10.2. The van der Waals surface area contributed by atoms with Gasteiger partial charge in [0, 0.05) is 22.3 Å². The van der Waals surface area contributed by atoms with E-state index in [1.165, 1.54) is 5.56 Å². The van der Waals surface area contributed by atoms with Gasteiger partial charge in [0.05, 0.1) is 6.61 Å². The molecule has 1 N–H and O–H groups in total. The van der Waals surface area contributed by atoms with Crippen molar-refractivity contribution in [2.75, 3.05) is 0 Å². The third-order valence-corrected chi connectivity index (χ3v) is 4.29. The average molecular weight is 274 g/mol. The second-order valence-electron chi connectivity index (χ2n) is 4.69. The van der Waals surface area contributed by atoms with Crippen molar-refractivity contribution >= 4 is 10.8 Å². The van der Waals surface area contributed by atoms with Crippen molar-refractivity contribution < 1.29 is 9.32 Å². The predicted molar refractivity (Wildman–Crippen MR) is 79.1 cm³/mol. The van der Waals surface area contributed by atoms with Gasteiger partial charge in [-0.1, -0.05) is 54.1 Å². The van der Waals surface area contributed by atoms with Gasteiger partial charge < -0.3 is 5.11 Å². The summed E-state index contributed by atoms with van der Waals surface area (Å²) in [7, 11) is -0.900. The monoisotopic (exact) mass is 274 g/mol. The summed E-state index contributed by atoms with van der Waals surface area (Å²) in [5.41, 5.74) is 4.25. The first-order chi connectivity index (χ1) is 9.17. The zero-order chi connectivity index (χ0) is 13.7. The van der Waals surface area contributed by atoms with Crippen LogP contribution in [0.2, 0.25) is 0 Å². The smallest absolute Gasteiger partial charge is 0.0681 e. The fourth-order valence-corrected chi connectivity index (χ4v) is 3.08. The molecule has 0 amide bonds. The van der Waals surface area contributed by atoms with Crippen molar-refractivity contribution in [3.63, 3.8) is 0 Å². The largest absolute Gasteiger partial charge is 0.392 e. The summed E-state index contributed by atoms with van der Waals surface area (Å²) in [5, 5.41) is 8.97. The molecule has 0 spiro atoms. The Morgan fingerprint density at radius 2 is 1.26 bits per heavy atom. The minimum Gasteiger partial charge on any atom is -0.392 e. The molecule has 19 heavy (non-hydrogen) atoms. The van der Waals surface area contributed by atoms with Crippen LogP contribution in [0.1, 0.15) is 22.3 Å². The average Bonchev–Trinajstić information content (AvgIpc) is 2.42. The first kappa shape index (κ1) is 14.0. The fourth-order valence-electron chi connectivity index (χ4n) is 1.85. The summed E-state index contributed by atoms with van der Waals surface area (Å²) in [6.07, 6.45) is 0. The Kier molecular flexibility index (Phi) is 4.88. The first-order valence-corrected chi connectivity index (χ1v) is 7.75. The highest BCUT2D eigenvalue weighted by molar-refractivity contribution is 7.83. The van der Waals surface area contributed by atoms with Gasteiger partial charge in [0.25, 0.3) is 0 Å². The standard InChI is InChI=1S/C16H18O2S/c1-13-2-4-15(5-3-13)11-19(18)12-16-8-6-14(10-17)7-9-16/h2-9,17H,10-12H2,1H3. The number of rotatable bonds is 5. The van der Waals surface area contributed by atoms with Crippen LogP contribution in [0.4, 0.5) is 0 Å². The lowest BCUT2D eigenvalue weighted by molar-refractivity contribution is 0.282. The third-order valence-electron chi connectivity index (χ3n) is 2.98. The molecule has 0 saturated heterocycles. The molecule has 1 atom stereocenters. The predicted octanol–water partition coefficient (Wildman–Crippen LogP) is 2.94. The number of hydrogen-bond acceptors (Lipinski definition) is 2. The minimum atomic E-state index is -0.900. The molecular weight excluding hydrogens is 256 g/mol. The highest BCUT2D eigenvalue weighted by Crippen LogP contribution is 2.11. The summed E-state index contributed by atoms with van der Waals surface area (Å²) in [4.78, 5) is 0. The second kappa shape index (κ2) is 6.64. The lowest BCUT2D eigenvalue weighted by Crippen LogP contribution is -1.99. The number of aryl methyl sites for hydroxylation is 1. The first-order valence-electron chi connectivity index (χ1n) is 6.26. The SMILES string of the molecule is Cc1ccc(CS(=O)Cc2ccc(CO)cc2)cc1. The highest BCUT2D eigenvalue weighted by Gasteiger charge is 2.03. The Morgan fingerprint density at radius 3 is 1.74 bits per heavy atom. The minimum absolute atomic E-state index is 0.0483. The molecule has 0 heterocycles. The summed E-state index contributed by atoms with van der Waals surface area (Å²) >= 11 is 0. The van der Waals surface area contributed by atoms with Crippen LogP contribution in [0.3, 0.4) is 0 Å². The molecule has 0 saturated carbocycles. The van der Waals surface area contributed by atoms with Crippen LogP contribution >= 0.6 is 0 Å². The van der Waals surface area contributed by atoms with Crippen LogP contribution in [0.15, 0.2) is 48.5 Å². The van der Waals surface area contributed by atoms with Crippen LogP contribution in [0, 0.1) is 6.92 Å². The van der Waals surface area contributed by atoms with E-state index in [-0.39, 0.29) is 6.61 Å². The number of aliphatic hydroxyl groups excluding tert-OH is 1. The lowest BCUT2D eigenvalue weighted by Gasteiger charge is -2.04. The van der Waals surface area contributed by atoms with Gasteiger partial charge in [-0.15, -0.1) is 0 Å². The second-order valence-corrected chi connectivity index (χ2v) is 6.15. The molecule has 2 rings (SSSR count). The molecule has 1 unspecified atom stereocenters.